The molecule has 0 aromatic carbocycles. The van der Waals surface area contributed by atoms with Gasteiger partial charge in [-0.05, 0) is 93.9 Å². The van der Waals surface area contributed by atoms with Crippen LogP contribution in [0.5, 0.6) is 0 Å². The van der Waals surface area contributed by atoms with Gasteiger partial charge in [0.2, 0.25) is 0 Å². The van der Waals surface area contributed by atoms with Gasteiger partial charge >= 0.3 is 0 Å². The molecule has 0 aliphatic heterocycles. The van der Waals surface area contributed by atoms with Crippen LogP contribution in [0.2, 0.25) is 0 Å². The molecule has 0 fully saturated rings. The summed E-state index contributed by atoms with van der Waals surface area (Å²) >= 11 is 14.3. The maximum absolute atomic E-state index is 7.15. The van der Waals surface area contributed by atoms with Crippen molar-refractivity contribution in [3.05, 3.63) is 46.6 Å². The van der Waals surface area contributed by atoms with Crippen molar-refractivity contribution in [2.24, 2.45) is 11.8 Å². The minimum absolute atomic E-state index is 0.0357. The van der Waals surface area contributed by atoms with E-state index in [1.54, 1.807) is 0 Å². The molecule has 0 saturated carbocycles. The first-order valence-electron chi connectivity index (χ1n) is 14.6. The van der Waals surface area contributed by atoms with Crippen molar-refractivity contribution < 1.29 is 9.47 Å². The molecule has 0 aromatic rings. The topological polar surface area (TPSA) is 18.5 Å². The zero-order chi connectivity index (χ0) is 27.7. The van der Waals surface area contributed by atoms with E-state index in [0.29, 0.717) is 0 Å². The van der Waals surface area contributed by atoms with Gasteiger partial charge in [0.15, 0.2) is 0 Å². The first-order valence-corrected chi connectivity index (χ1v) is 15.4. The van der Waals surface area contributed by atoms with Crippen LogP contribution in [0.3, 0.4) is 0 Å². The van der Waals surface area contributed by atoms with Crippen molar-refractivity contribution in [3.8, 4) is 0 Å². The highest BCUT2D eigenvalue weighted by molar-refractivity contribution is 6.49. The molecule has 0 heterocycles. The number of rotatable bonds is 16. The van der Waals surface area contributed by atoms with Gasteiger partial charge in [0.25, 0.3) is 0 Å². The average molecular weight is 554 g/mol. The smallest absolute Gasteiger partial charge is 0.138 e. The molecule has 0 amide bonds. The van der Waals surface area contributed by atoms with Crippen LogP contribution in [0.1, 0.15) is 120 Å². The molecule has 2 aliphatic rings. The van der Waals surface area contributed by atoms with E-state index < -0.39 is 4.33 Å². The molecule has 212 valence electrons. The van der Waals surface area contributed by atoms with Crippen LogP contribution in [-0.2, 0) is 9.47 Å². The van der Waals surface area contributed by atoms with Crippen LogP contribution in [-0.4, -0.2) is 28.7 Å². The molecule has 2 atom stereocenters. The van der Waals surface area contributed by atoms with E-state index in [4.69, 9.17) is 32.7 Å². The molecule has 0 radical (unpaired) electrons. The van der Waals surface area contributed by atoms with Crippen molar-refractivity contribution in [1.82, 2.24) is 0 Å². The van der Waals surface area contributed by atoms with Gasteiger partial charge in [0.05, 0.1) is 11.2 Å². The van der Waals surface area contributed by atoms with Crippen molar-refractivity contribution in [1.29, 1.82) is 0 Å². The summed E-state index contributed by atoms with van der Waals surface area (Å²) in [4.78, 5) is 0. The number of alkyl halides is 2. The highest BCUT2D eigenvalue weighted by atomic mass is 35.5. The summed E-state index contributed by atoms with van der Waals surface area (Å²) in [5.74, 6) is 0.135. The highest BCUT2D eigenvalue weighted by Crippen LogP contribution is 2.50. The molecule has 4 heteroatoms. The molecular weight excluding hydrogens is 499 g/mol. The summed E-state index contributed by atoms with van der Waals surface area (Å²) in [5.41, 5.74) is 5.27. The standard InChI is InChI=1S/C33H54Cl2O2/c1-25-21-27(17-13-9-11-15-19-36-31(3,4)5)23-29(25)33(34,35)30-24-28(22-26(30)2)18-14-10-12-16-20-37-32(6,7)8/h21-24,29-30H,9-20H2,1-8H3. The number of hydrogen-bond acceptors (Lipinski definition) is 2. The number of allylic oxidation sites excluding steroid dienone is 8. The first-order chi connectivity index (χ1) is 17.2. The molecule has 0 N–H and O–H groups in total. The lowest BCUT2D eigenvalue weighted by atomic mass is 9.87. The second-order valence-electron chi connectivity index (χ2n) is 13.1. The van der Waals surface area contributed by atoms with Crippen LogP contribution < -0.4 is 0 Å². The third-order valence-corrected chi connectivity index (χ3v) is 8.13. The Morgan fingerprint density at radius 3 is 1.30 bits per heavy atom. The molecule has 37 heavy (non-hydrogen) atoms. The highest BCUT2D eigenvalue weighted by Gasteiger charge is 2.44. The zero-order valence-corrected chi connectivity index (χ0v) is 26.5. The normalized spacial score (nSPS) is 20.7. The van der Waals surface area contributed by atoms with E-state index in [2.05, 4.69) is 79.7 Å². The number of unbranched alkanes of at least 4 members (excludes halogenated alkanes) is 6. The Bertz CT molecular complexity index is 765. The third-order valence-electron chi connectivity index (χ3n) is 7.19. The fraction of sp³-hybridized carbons (Fsp3) is 0.758. The number of ether oxygens (including phenoxy) is 2. The predicted molar refractivity (Wildman–Crippen MR) is 163 cm³/mol. The Kier molecular flexibility index (Phi) is 13.0. The SMILES string of the molecule is CC1=CC(CCCCCCOC(C)(C)C)=CC1C(Cl)(Cl)C1C=C(CCCCCCOC(C)(C)C)C=C1C. The van der Waals surface area contributed by atoms with Gasteiger partial charge in [-0.2, -0.15) is 0 Å². The molecular formula is C33H54Cl2O2. The number of halogens is 2. The second-order valence-corrected chi connectivity index (χ2v) is 14.6. The summed E-state index contributed by atoms with van der Waals surface area (Å²) < 4.78 is 10.8. The van der Waals surface area contributed by atoms with Gasteiger partial charge in [0, 0.05) is 25.0 Å². The van der Waals surface area contributed by atoms with Crippen LogP contribution in [0.25, 0.3) is 0 Å². The fourth-order valence-electron chi connectivity index (χ4n) is 5.21. The van der Waals surface area contributed by atoms with E-state index in [0.717, 1.165) is 38.9 Å². The summed E-state index contributed by atoms with van der Waals surface area (Å²) in [6, 6.07) is 0. The van der Waals surface area contributed by atoms with E-state index >= 15 is 0 Å². The van der Waals surface area contributed by atoms with Crippen LogP contribution >= 0.6 is 23.2 Å². The summed E-state index contributed by atoms with van der Waals surface area (Å²) in [6.45, 7) is 18.8. The van der Waals surface area contributed by atoms with Crippen molar-refractivity contribution in [2.75, 3.05) is 13.2 Å². The quantitative estimate of drug-likeness (QED) is 0.140. The Hall–Kier alpha value is -0.540. The van der Waals surface area contributed by atoms with Gasteiger partial charge in [0.1, 0.15) is 4.33 Å². The minimum Gasteiger partial charge on any atom is -0.376 e. The Labute approximate surface area is 238 Å². The van der Waals surface area contributed by atoms with Crippen molar-refractivity contribution >= 4 is 23.2 Å². The van der Waals surface area contributed by atoms with E-state index in [9.17, 15) is 0 Å². The Morgan fingerprint density at radius 1 is 0.595 bits per heavy atom. The summed E-state index contributed by atoms with van der Waals surface area (Å²) in [6.07, 6.45) is 21.0. The molecule has 0 spiro atoms. The van der Waals surface area contributed by atoms with Crippen LogP contribution in [0, 0.1) is 11.8 Å². The second kappa shape index (κ2) is 14.7. The van der Waals surface area contributed by atoms with Gasteiger partial charge in [-0.25, -0.2) is 0 Å². The van der Waals surface area contributed by atoms with Gasteiger partial charge in [-0.1, -0.05) is 95.5 Å². The van der Waals surface area contributed by atoms with Crippen LogP contribution in [0.4, 0.5) is 0 Å². The Balaban J connectivity index is 1.77. The fourth-order valence-corrected chi connectivity index (χ4v) is 6.15. The van der Waals surface area contributed by atoms with E-state index in [1.807, 2.05) is 0 Å². The lowest BCUT2D eigenvalue weighted by Crippen LogP contribution is -2.32. The molecule has 0 aromatic heterocycles. The zero-order valence-electron chi connectivity index (χ0n) is 25.0. The first kappa shape index (κ1) is 32.7. The predicted octanol–water partition coefficient (Wildman–Crippen LogP) is 10.7. The molecule has 0 bridgehead atoms. The molecule has 0 saturated heterocycles. The lowest BCUT2D eigenvalue weighted by Gasteiger charge is -2.32. The molecule has 2 unspecified atom stereocenters. The molecule has 2 aliphatic carbocycles. The lowest BCUT2D eigenvalue weighted by molar-refractivity contribution is -0.00510. The van der Waals surface area contributed by atoms with Gasteiger partial charge in [-0.15, -0.1) is 0 Å². The van der Waals surface area contributed by atoms with Gasteiger partial charge in [-0.3, -0.25) is 0 Å². The monoisotopic (exact) mass is 552 g/mol. The summed E-state index contributed by atoms with van der Waals surface area (Å²) in [5, 5.41) is 0. The van der Waals surface area contributed by atoms with Crippen molar-refractivity contribution in [3.63, 3.8) is 0 Å². The van der Waals surface area contributed by atoms with E-state index in [-0.39, 0.29) is 23.0 Å². The Morgan fingerprint density at radius 2 is 0.946 bits per heavy atom. The summed E-state index contributed by atoms with van der Waals surface area (Å²) in [7, 11) is 0. The minimum atomic E-state index is -0.848. The largest absolute Gasteiger partial charge is 0.376 e. The van der Waals surface area contributed by atoms with Gasteiger partial charge < -0.3 is 9.47 Å². The molecule has 2 nitrogen and oxygen atoms in total. The van der Waals surface area contributed by atoms with Crippen molar-refractivity contribution in [2.45, 2.75) is 135 Å². The average Bonchev–Trinajstić information content (AvgIpc) is 3.33. The third kappa shape index (κ3) is 12.0. The van der Waals surface area contributed by atoms with Crippen LogP contribution in [0.15, 0.2) is 46.6 Å². The maximum atomic E-state index is 7.15. The maximum Gasteiger partial charge on any atom is 0.138 e. The molecule has 2 rings (SSSR count). The van der Waals surface area contributed by atoms with E-state index in [1.165, 1.54) is 60.8 Å². The number of hydrogen-bond donors (Lipinski definition) is 0.